The summed E-state index contributed by atoms with van der Waals surface area (Å²) in [5.41, 5.74) is 0.0399. The molecule has 0 amide bonds. The highest BCUT2D eigenvalue weighted by Gasteiger charge is 2.24. The molecular weight excluding hydrogens is 276 g/mol. The largest absolute Gasteiger partial charge is 0.492 e. The number of nitrogens with zero attached hydrogens (tertiary/aromatic N) is 2. The summed E-state index contributed by atoms with van der Waals surface area (Å²) in [6, 6.07) is 5.98. The third-order valence-electron chi connectivity index (χ3n) is 3.66. The van der Waals surface area contributed by atoms with Crippen LogP contribution in [0.15, 0.2) is 24.3 Å². The average molecular weight is 294 g/mol. The number of piperidine rings is 1. The van der Waals surface area contributed by atoms with Crippen molar-refractivity contribution in [2.24, 2.45) is 5.92 Å². The maximum absolute atomic E-state index is 10.8. The van der Waals surface area contributed by atoms with E-state index in [0.717, 1.165) is 19.6 Å². The van der Waals surface area contributed by atoms with E-state index in [0.29, 0.717) is 25.2 Å². The van der Waals surface area contributed by atoms with Crippen LogP contribution in [-0.2, 0) is 4.79 Å². The van der Waals surface area contributed by atoms with Gasteiger partial charge >= 0.3 is 5.97 Å². The molecule has 7 nitrogen and oxygen atoms in total. The normalized spacial score (nSPS) is 16.6. The average Bonchev–Trinajstić information content (AvgIpc) is 2.48. The van der Waals surface area contributed by atoms with Gasteiger partial charge in [-0.05, 0) is 38.1 Å². The van der Waals surface area contributed by atoms with E-state index in [-0.39, 0.29) is 11.6 Å². The van der Waals surface area contributed by atoms with Gasteiger partial charge < -0.3 is 9.84 Å². The molecule has 7 heteroatoms. The van der Waals surface area contributed by atoms with E-state index in [1.165, 1.54) is 12.1 Å². The fourth-order valence-electron chi connectivity index (χ4n) is 2.36. The van der Waals surface area contributed by atoms with Gasteiger partial charge in [0.1, 0.15) is 12.4 Å². The first-order valence-corrected chi connectivity index (χ1v) is 6.88. The minimum Gasteiger partial charge on any atom is -0.492 e. The van der Waals surface area contributed by atoms with Crippen molar-refractivity contribution < 1.29 is 19.6 Å². The first kappa shape index (κ1) is 15.2. The van der Waals surface area contributed by atoms with Gasteiger partial charge in [0.05, 0.1) is 10.8 Å². The predicted octanol–water partition coefficient (Wildman–Crippen LogP) is 1.77. The topological polar surface area (TPSA) is 92.9 Å². The van der Waals surface area contributed by atoms with Gasteiger partial charge in [0.25, 0.3) is 5.69 Å². The molecular formula is C14H18N2O5. The van der Waals surface area contributed by atoms with Crippen LogP contribution in [-0.4, -0.2) is 47.1 Å². The molecule has 0 aromatic heterocycles. The summed E-state index contributed by atoms with van der Waals surface area (Å²) >= 11 is 0. The number of nitro benzene ring substituents is 1. The number of ether oxygens (including phenoxy) is 1. The summed E-state index contributed by atoms with van der Waals surface area (Å²) in [7, 11) is 0. The van der Waals surface area contributed by atoms with Crippen LogP contribution in [0, 0.1) is 16.0 Å². The molecule has 0 radical (unpaired) electrons. The quantitative estimate of drug-likeness (QED) is 0.635. The Labute approximate surface area is 122 Å². The Morgan fingerprint density at radius 1 is 1.33 bits per heavy atom. The number of aliphatic carboxylic acids is 1. The lowest BCUT2D eigenvalue weighted by molar-refractivity contribution is -0.384. The zero-order valence-electron chi connectivity index (χ0n) is 11.6. The predicted molar refractivity (Wildman–Crippen MR) is 75.4 cm³/mol. The molecule has 1 aromatic carbocycles. The van der Waals surface area contributed by atoms with Crippen LogP contribution in [0.25, 0.3) is 0 Å². The van der Waals surface area contributed by atoms with Gasteiger partial charge in [0.15, 0.2) is 0 Å². The van der Waals surface area contributed by atoms with E-state index in [4.69, 9.17) is 9.84 Å². The molecule has 1 saturated heterocycles. The number of benzene rings is 1. The fraction of sp³-hybridized carbons (Fsp3) is 0.500. The van der Waals surface area contributed by atoms with Gasteiger partial charge in [-0.1, -0.05) is 0 Å². The summed E-state index contributed by atoms with van der Waals surface area (Å²) in [6.07, 6.45) is 1.35. The van der Waals surface area contributed by atoms with Crippen LogP contribution in [0.3, 0.4) is 0 Å². The Hall–Kier alpha value is -2.15. The summed E-state index contributed by atoms with van der Waals surface area (Å²) in [4.78, 5) is 23.1. The number of hydrogen-bond donors (Lipinski definition) is 1. The van der Waals surface area contributed by atoms with Gasteiger partial charge in [0.2, 0.25) is 0 Å². The second-order valence-electron chi connectivity index (χ2n) is 5.05. The highest BCUT2D eigenvalue weighted by molar-refractivity contribution is 5.70. The maximum atomic E-state index is 10.8. The standard InChI is InChI=1S/C14H18N2O5/c17-14(18)11-5-7-15(8-6-11)9-10-21-13-3-1-12(2-4-13)16(19)20/h1-4,11H,5-10H2,(H,17,18). The van der Waals surface area contributed by atoms with Crippen LogP contribution in [0.5, 0.6) is 5.75 Å². The number of carboxylic acid groups (broad SMARTS) is 1. The van der Waals surface area contributed by atoms with Crippen molar-refractivity contribution >= 4 is 11.7 Å². The first-order valence-electron chi connectivity index (χ1n) is 6.88. The minimum atomic E-state index is -0.711. The van der Waals surface area contributed by atoms with Gasteiger partial charge in [-0.3, -0.25) is 19.8 Å². The first-order chi connectivity index (χ1) is 10.1. The number of non-ortho nitro benzene ring substituents is 1. The summed E-state index contributed by atoms with van der Waals surface area (Å²) < 4.78 is 5.54. The molecule has 1 N–H and O–H groups in total. The van der Waals surface area contributed by atoms with Gasteiger partial charge in [-0.15, -0.1) is 0 Å². The molecule has 1 aliphatic heterocycles. The summed E-state index contributed by atoms with van der Waals surface area (Å²) in [5.74, 6) is -0.338. The Morgan fingerprint density at radius 2 is 1.95 bits per heavy atom. The molecule has 1 fully saturated rings. The van der Waals surface area contributed by atoms with Gasteiger partial charge in [0, 0.05) is 18.7 Å². The summed E-state index contributed by atoms with van der Waals surface area (Å²) in [5, 5.41) is 19.4. The lowest BCUT2D eigenvalue weighted by Crippen LogP contribution is -2.38. The number of likely N-dealkylation sites (tertiary alicyclic amines) is 1. The molecule has 0 bridgehead atoms. The van der Waals surface area contributed by atoms with E-state index < -0.39 is 10.9 Å². The highest BCUT2D eigenvalue weighted by atomic mass is 16.6. The molecule has 0 saturated carbocycles. The van der Waals surface area contributed by atoms with Crippen LogP contribution in [0.4, 0.5) is 5.69 Å². The zero-order valence-corrected chi connectivity index (χ0v) is 11.6. The lowest BCUT2D eigenvalue weighted by atomic mass is 9.97. The minimum absolute atomic E-state index is 0.0399. The fourth-order valence-corrected chi connectivity index (χ4v) is 2.36. The molecule has 0 spiro atoms. The molecule has 0 unspecified atom stereocenters. The van der Waals surface area contributed by atoms with Crippen molar-refractivity contribution in [1.29, 1.82) is 0 Å². The SMILES string of the molecule is O=C(O)C1CCN(CCOc2ccc([N+](=O)[O-])cc2)CC1. The number of carboxylic acids is 1. The maximum Gasteiger partial charge on any atom is 0.306 e. The molecule has 114 valence electrons. The van der Waals surface area contributed by atoms with Crippen molar-refractivity contribution in [2.45, 2.75) is 12.8 Å². The zero-order chi connectivity index (χ0) is 15.2. The molecule has 21 heavy (non-hydrogen) atoms. The molecule has 1 aliphatic rings. The van der Waals surface area contributed by atoms with Crippen molar-refractivity contribution in [1.82, 2.24) is 4.90 Å². The van der Waals surface area contributed by atoms with E-state index in [2.05, 4.69) is 4.90 Å². The molecule has 0 aliphatic carbocycles. The third-order valence-corrected chi connectivity index (χ3v) is 3.66. The number of nitro groups is 1. The van der Waals surface area contributed by atoms with Crippen LogP contribution in [0.2, 0.25) is 0 Å². The molecule has 1 heterocycles. The Bertz CT molecular complexity index is 495. The van der Waals surface area contributed by atoms with Crippen LogP contribution >= 0.6 is 0 Å². The van der Waals surface area contributed by atoms with Crippen molar-refractivity contribution in [3.05, 3.63) is 34.4 Å². The Balaban J connectivity index is 1.70. The lowest BCUT2D eigenvalue weighted by Gasteiger charge is -2.29. The van der Waals surface area contributed by atoms with Crippen LogP contribution in [0.1, 0.15) is 12.8 Å². The Kier molecular flexibility index (Phi) is 5.10. The smallest absolute Gasteiger partial charge is 0.306 e. The third kappa shape index (κ3) is 4.42. The van der Waals surface area contributed by atoms with Gasteiger partial charge in [-0.25, -0.2) is 0 Å². The number of hydrogen-bond acceptors (Lipinski definition) is 5. The van der Waals surface area contributed by atoms with Gasteiger partial charge in [-0.2, -0.15) is 0 Å². The highest BCUT2D eigenvalue weighted by Crippen LogP contribution is 2.19. The molecule has 2 rings (SSSR count). The molecule has 1 aromatic rings. The monoisotopic (exact) mass is 294 g/mol. The van der Waals surface area contributed by atoms with Crippen molar-refractivity contribution in [3.8, 4) is 5.75 Å². The van der Waals surface area contributed by atoms with Crippen LogP contribution < -0.4 is 4.74 Å². The van der Waals surface area contributed by atoms with E-state index in [9.17, 15) is 14.9 Å². The van der Waals surface area contributed by atoms with E-state index in [1.807, 2.05) is 0 Å². The van der Waals surface area contributed by atoms with E-state index >= 15 is 0 Å². The van der Waals surface area contributed by atoms with E-state index in [1.54, 1.807) is 12.1 Å². The number of carbonyl (C=O) groups is 1. The Morgan fingerprint density at radius 3 is 2.48 bits per heavy atom. The molecule has 0 atom stereocenters. The second-order valence-corrected chi connectivity index (χ2v) is 5.05. The second kappa shape index (κ2) is 7.03. The summed E-state index contributed by atoms with van der Waals surface area (Å²) in [6.45, 7) is 2.74. The van der Waals surface area contributed by atoms with Crippen molar-refractivity contribution in [2.75, 3.05) is 26.2 Å². The number of rotatable bonds is 6. The van der Waals surface area contributed by atoms with Crippen molar-refractivity contribution in [3.63, 3.8) is 0 Å².